The Bertz CT molecular complexity index is 896. The topological polar surface area (TPSA) is 47.8 Å². The number of rotatable bonds is 5. The highest BCUT2D eigenvalue weighted by atomic mass is 32.2. The molecular formula is C18H19N3OS2. The molecule has 0 fully saturated rings. The maximum atomic E-state index is 12.6. The van der Waals surface area contributed by atoms with Crippen LogP contribution in [0.3, 0.4) is 0 Å². The number of nitrogens with zero attached hydrogens (tertiary/aromatic N) is 3. The Morgan fingerprint density at radius 3 is 2.62 bits per heavy atom. The van der Waals surface area contributed by atoms with E-state index in [2.05, 4.69) is 39.9 Å². The van der Waals surface area contributed by atoms with Crippen LogP contribution in [0.25, 0.3) is 5.69 Å². The summed E-state index contributed by atoms with van der Waals surface area (Å²) in [5.41, 5.74) is 5.13. The summed E-state index contributed by atoms with van der Waals surface area (Å²) in [4.78, 5) is 12.6. The maximum absolute atomic E-state index is 12.6. The SMILES string of the molecule is Cc1cccc(-n2c(C)cc(C(=O)CSc3nnc(C)s3)c2C)c1. The number of benzene rings is 1. The van der Waals surface area contributed by atoms with Crippen LogP contribution in [0.4, 0.5) is 0 Å². The second-order valence-electron chi connectivity index (χ2n) is 5.76. The third-order valence-corrected chi connectivity index (χ3v) is 5.80. The van der Waals surface area contributed by atoms with Crippen LogP contribution in [0.15, 0.2) is 34.7 Å². The first-order chi connectivity index (χ1) is 11.5. The van der Waals surface area contributed by atoms with Crippen molar-refractivity contribution in [2.75, 3.05) is 5.75 Å². The molecule has 0 N–H and O–H groups in total. The van der Waals surface area contributed by atoms with Gasteiger partial charge in [0.2, 0.25) is 0 Å². The first kappa shape index (κ1) is 16.9. The highest BCUT2D eigenvalue weighted by molar-refractivity contribution is 8.01. The van der Waals surface area contributed by atoms with Gasteiger partial charge in [0, 0.05) is 22.6 Å². The molecule has 0 unspecified atom stereocenters. The number of Topliss-reactive ketones (excluding diaryl/α,β-unsaturated/α-hetero) is 1. The molecule has 0 aliphatic carbocycles. The van der Waals surface area contributed by atoms with E-state index in [9.17, 15) is 4.79 Å². The molecule has 0 saturated carbocycles. The molecule has 0 atom stereocenters. The Labute approximate surface area is 149 Å². The average Bonchev–Trinajstić information content (AvgIpc) is 3.08. The number of hydrogen-bond donors (Lipinski definition) is 0. The molecule has 124 valence electrons. The number of aromatic nitrogens is 3. The Balaban J connectivity index is 1.84. The van der Waals surface area contributed by atoms with Crippen LogP contribution in [-0.2, 0) is 0 Å². The number of ketones is 1. The third kappa shape index (κ3) is 3.44. The summed E-state index contributed by atoms with van der Waals surface area (Å²) in [7, 11) is 0. The van der Waals surface area contributed by atoms with Gasteiger partial charge in [-0.2, -0.15) is 0 Å². The fourth-order valence-electron chi connectivity index (χ4n) is 2.75. The number of carbonyl (C=O) groups excluding carboxylic acids is 1. The molecule has 0 bridgehead atoms. The summed E-state index contributed by atoms with van der Waals surface area (Å²) >= 11 is 2.97. The fraction of sp³-hybridized carbons (Fsp3) is 0.278. The second kappa shape index (κ2) is 6.91. The molecular weight excluding hydrogens is 338 g/mol. The van der Waals surface area contributed by atoms with Crippen molar-refractivity contribution in [3.05, 3.63) is 57.9 Å². The van der Waals surface area contributed by atoms with Crippen LogP contribution in [-0.4, -0.2) is 26.3 Å². The Hall–Kier alpha value is -1.92. The van der Waals surface area contributed by atoms with Gasteiger partial charge in [0.25, 0.3) is 0 Å². The molecule has 24 heavy (non-hydrogen) atoms. The lowest BCUT2D eigenvalue weighted by Gasteiger charge is -2.10. The summed E-state index contributed by atoms with van der Waals surface area (Å²) in [6.45, 7) is 8.03. The van der Waals surface area contributed by atoms with E-state index in [1.807, 2.05) is 32.9 Å². The Kier molecular flexibility index (Phi) is 4.87. The summed E-state index contributed by atoms with van der Waals surface area (Å²) in [6.07, 6.45) is 0. The van der Waals surface area contributed by atoms with Crippen molar-refractivity contribution in [3.8, 4) is 5.69 Å². The van der Waals surface area contributed by atoms with Crippen LogP contribution in [0, 0.1) is 27.7 Å². The number of hydrogen-bond acceptors (Lipinski definition) is 5. The van der Waals surface area contributed by atoms with Gasteiger partial charge in [-0.05, 0) is 51.5 Å². The van der Waals surface area contributed by atoms with Crippen LogP contribution >= 0.6 is 23.1 Å². The molecule has 0 radical (unpaired) electrons. The van der Waals surface area contributed by atoms with Crippen molar-refractivity contribution in [1.29, 1.82) is 0 Å². The third-order valence-electron chi connectivity index (χ3n) is 3.83. The Morgan fingerprint density at radius 2 is 1.96 bits per heavy atom. The van der Waals surface area contributed by atoms with Gasteiger partial charge in [-0.1, -0.05) is 35.2 Å². The van der Waals surface area contributed by atoms with Crippen LogP contribution < -0.4 is 0 Å². The van der Waals surface area contributed by atoms with E-state index in [1.165, 1.54) is 28.7 Å². The molecule has 0 aliphatic rings. The zero-order valence-electron chi connectivity index (χ0n) is 14.2. The van der Waals surface area contributed by atoms with Crippen LogP contribution in [0.5, 0.6) is 0 Å². The van der Waals surface area contributed by atoms with Gasteiger partial charge in [-0.15, -0.1) is 10.2 Å². The van der Waals surface area contributed by atoms with Crippen LogP contribution in [0.1, 0.15) is 32.3 Å². The van der Waals surface area contributed by atoms with Crippen LogP contribution in [0.2, 0.25) is 0 Å². The lowest BCUT2D eigenvalue weighted by atomic mass is 10.2. The molecule has 0 aliphatic heterocycles. The number of aryl methyl sites for hydroxylation is 3. The van der Waals surface area contributed by atoms with Crippen molar-refractivity contribution in [3.63, 3.8) is 0 Å². The molecule has 4 nitrogen and oxygen atoms in total. The van der Waals surface area contributed by atoms with Gasteiger partial charge in [-0.25, -0.2) is 0 Å². The fourth-order valence-corrected chi connectivity index (χ4v) is 4.45. The van der Waals surface area contributed by atoms with E-state index in [1.54, 1.807) is 0 Å². The van der Waals surface area contributed by atoms with Crippen molar-refractivity contribution in [1.82, 2.24) is 14.8 Å². The van der Waals surface area contributed by atoms with E-state index < -0.39 is 0 Å². The van der Waals surface area contributed by atoms with Gasteiger partial charge >= 0.3 is 0 Å². The number of carbonyl (C=O) groups is 1. The molecule has 0 amide bonds. The zero-order valence-corrected chi connectivity index (χ0v) is 15.8. The van der Waals surface area contributed by atoms with E-state index >= 15 is 0 Å². The largest absolute Gasteiger partial charge is 0.318 e. The van der Waals surface area contributed by atoms with Gasteiger partial charge in [0.15, 0.2) is 10.1 Å². The molecule has 2 heterocycles. The van der Waals surface area contributed by atoms with E-state index in [0.717, 1.165) is 32.0 Å². The Morgan fingerprint density at radius 1 is 1.17 bits per heavy atom. The average molecular weight is 358 g/mol. The maximum Gasteiger partial charge on any atom is 0.174 e. The van der Waals surface area contributed by atoms with Gasteiger partial charge in [-0.3, -0.25) is 4.79 Å². The minimum absolute atomic E-state index is 0.125. The highest BCUT2D eigenvalue weighted by Crippen LogP contribution is 2.26. The quantitative estimate of drug-likeness (QED) is 0.497. The van der Waals surface area contributed by atoms with Crippen molar-refractivity contribution >= 4 is 28.9 Å². The molecule has 2 aromatic heterocycles. The first-order valence-electron chi connectivity index (χ1n) is 7.68. The lowest BCUT2D eigenvalue weighted by molar-refractivity contribution is 0.102. The summed E-state index contributed by atoms with van der Waals surface area (Å²) in [6, 6.07) is 10.3. The summed E-state index contributed by atoms with van der Waals surface area (Å²) in [5, 5.41) is 8.96. The highest BCUT2D eigenvalue weighted by Gasteiger charge is 2.17. The van der Waals surface area contributed by atoms with Gasteiger partial charge < -0.3 is 4.57 Å². The van der Waals surface area contributed by atoms with Crippen molar-refractivity contribution in [2.45, 2.75) is 32.0 Å². The second-order valence-corrected chi connectivity index (χ2v) is 8.16. The van der Waals surface area contributed by atoms with Crippen molar-refractivity contribution in [2.24, 2.45) is 0 Å². The minimum Gasteiger partial charge on any atom is -0.318 e. The van der Waals surface area contributed by atoms with Gasteiger partial charge in [0.05, 0.1) is 5.75 Å². The predicted molar refractivity (Wildman–Crippen MR) is 99.7 cm³/mol. The normalized spacial score (nSPS) is 11.0. The molecule has 3 rings (SSSR count). The van der Waals surface area contributed by atoms with Gasteiger partial charge in [0.1, 0.15) is 5.01 Å². The number of thioether (sulfide) groups is 1. The lowest BCUT2D eigenvalue weighted by Crippen LogP contribution is -2.05. The molecule has 6 heteroatoms. The van der Waals surface area contributed by atoms with E-state index in [0.29, 0.717) is 5.75 Å². The molecule has 1 aromatic carbocycles. The van der Waals surface area contributed by atoms with E-state index in [4.69, 9.17) is 0 Å². The summed E-state index contributed by atoms with van der Waals surface area (Å²) in [5.74, 6) is 0.507. The minimum atomic E-state index is 0.125. The molecule has 0 saturated heterocycles. The monoisotopic (exact) mass is 357 g/mol. The zero-order chi connectivity index (χ0) is 17.3. The molecule has 3 aromatic rings. The smallest absolute Gasteiger partial charge is 0.174 e. The predicted octanol–water partition coefficient (Wildman–Crippen LogP) is 4.54. The summed E-state index contributed by atoms with van der Waals surface area (Å²) < 4.78 is 2.98. The van der Waals surface area contributed by atoms with Crippen molar-refractivity contribution < 1.29 is 4.79 Å². The van der Waals surface area contributed by atoms with E-state index in [-0.39, 0.29) is 5.78 Å². The first-order valence-corrected chi connectivity index (χ1v) is 9.48. The molecule has 0 spiro atoms. The standard InChI is InChI=1S/C18H19N3OS2/c1-11-6-5-7-15(8-11)21-12(2)9-16(13(21)3)17(22)10-23-18-20-19-14(4)24-18/h5-9H,10H2,1-4H3.